The predicted octanol–water partition coefficient (Wildman–Crippen LogP) is 2.90. The molecule has 0 amide bonds. The van der Waals surface area contributed by atoms with Gasteiger partial charge >= 0.3 is 5.97 Å². The first-order valence-electron chi connectivity index (χ1n) is 10.5. The summed E-state index contributed by atoms with van der Waals surface area (Å²) in [6, 6.07) is 4.11. The van der Waals surface area contributed by atoms with Crippen LogP contribution in [0.2, 0.25) is 19.6 Å². The van der Waals surface area contributed by atoms with Crippen molar-refractivity contribution in [2.24, 2.45) is 0 Å². The normalized spacial score (nSPS) is 19.5. The lowest BCUT2D eigenvalue weighted by atomic mass is 9.86. The van der Waals surface area contributed by atoms with Gasteiger partial charge in [-0.15, -0.1) is 0 Å². The van der Waals surface area contributed by atoms with Crippen LogP contribution < -0.4 is 10.7 Å². The van der Waals surface area contributed by atoms with E-state index < -0.39 is 31.3 Å². The van der Waals surface area contributed by atoms with Crippen molar-refractivity contribution in [1.82, 2.24) is 9.55 Å². The summed E-state index contributed by atoms with van der Waals surface area (Å²) < 4.78 is 35.7. The van der Waals surface area contributed by atoms with E-state index >= 15 is 0 Å². The van der Waals surface area contributed by atoms with Gasteiger partial charge in [-0.25, -0.2) is 18.6 Å². The highest BCUT2D eigenvalue weighted by Crippen LogP contribution is 2.39. The Morgan fingerprint density at radius 1 is 1.22 bits per heavy atom. The van der Waals surface area contributed by atoms with Crippen molar-refractivity contribution in [2.45, 2.75) is 51.7 Å². The maximum absolute atomic E-state index is 15.0. The number of carbonyl (C=O) groups is 1. The quantitative estimate of drug-likeness (QED) is 0.371. The lowest BCUT2D eigenvalue weighted by molar-refractivity contribution is -0.172. The highest BCUT2D eigenvalue weighted by molar-refractivity contribution is 6.90. The molecule has 4 heterocycles. The maximum atomic E-state index is 15.0. The van der Waals surface area contributed by atoms with Gasteiger partial charge in [-0.3, -0.25) is 4.79 Å². The summed E-state index contributed by atoms with van der Waals surface area (Å²) in [5.74, 6) is -2.66. The van der Waals surface area contributed by atoms with Gasteiger partial charge in [0.05, 0.1) is 37.1 Å². The van der Waals surface area contributed by atoms with Crippen LogP contribution in [0, 0.1) is 11.6 Å². The van der Waals surface area contributed by atoms with Gasteiger partial charge in [-0.1, -0.05) is 26.6 Å². The average Bonchev–Trinajstić information content (AvgIpc) is 3.10. The summed E-state index contributed by atoms with van der Waals surface area (Å²) in [6.07, 6.45) is 0.0460. The Kier molecular flexibility index (Phi) is 4.29. The molecule has 0 saturated heterocycles. The average molecular weight is 457 g/mol. The fourth-order valence-electron chi connectivity index (χ4n) is 4.93. The Balaban J connectivity index is 1.89. The van der Waals surface area contributed by atoms with Crippen molar-refractivity contribution in [3.05, 3.63) is 56.9 Å². The minimum absolute atomic E-state index is 0.0460. The van der Waals surface area contributed by atoms with E-state index in [9.17, 15) is 23.5 Å². The number of rotatable bonds is 2. The van der Waals surface area contributed by atoms with Crippen LogP contribution in [0.5, 0.6) is 0 Å². The monoisotopic (exact) mass is 456 g/mol. The van der Waals surface area contributed by atoms with Gasteiger partial charge in [-0.2, -0.15) is 0 Å². The fourth-order valence-corrected chi connectivity index (χ4v) is 7.02. The first-order valence-corrected chi connectivity index (χ1v) is 14.0. The number of pyridine rings is 2. The van der Waals surface area contributed by atoms with Gasteiger partial charge in [0.25, 0.3) is 5.56 Å². The third-order valence-corrected chi connectivity index (χ3v) is 8.55. The van der Waals surface area contributed by atoms with Gasteiger partial charge in [0.15, 0.2) is 17.2 Å². The van der Waals surface area contributed by atoms with E-state index in [-0.39, 0.29) is 41.6 Å². The van der Waals surface area contributed by atoms with Gasteiger partial charge in [0.2, 0.25) is 0 Å². The van der Waals surface area contributed by atoms with Crippen LogP contribution in [0.15, 0.2) is 23.0 Å². The summed E-state index contributed by atoms with van der Waals surface area (Å²) in [5.41, 5.74) is 0.0983. The molecule has 9 heteroatoms. The van der Waals surface area contributed by atoms with Crippen LogP contribution in [0.4, 0.5) is 8.78 Å². The van der Waals surface area contributed by atoms with Crippen LogP contribution in [-0.4, -0.2) is 28.7 Å². The predicted molar refractivity (Wildman–Crippen MR) is 117 cm³/mol. The van der Waals surface area contributed by atoms with Gasteiger partial charge in [0, 0.05) is 10.9 Å². The molecule has 0 bridgehead atoms. The van der Waals surface area contributed by atoms with E-state index in [2.05, 4.69) is 4.98 Å². The molecule has 0 saturated carbocycles. The second kappa shape index (κ2) is 6.55. The molecule has 32 heavy (non-hydrogen) atoms. The van der Waals surface area contributed by atoms with Crippen molar-refractivity contribution in [3.63, 3.8) is 0 Å². The molecule has 3 aromatic rings. The first-order chi connectivity index (χ1) is 15.0. The largest absolute Gasteiger partial charge is 0.458 e. The van der Waals surface area contributed by atoms with Crippen LogP contribution in [0.3, 0.4) is 0 Å². The highest BCUT2D eigenvalue weighted by Gasteiger charge is 2.45. The molecule has 6 nitrogen and oxygen atoms in total. The molecule has 2 aliphatic rings. The number of aliphatic hydroxyl groups is 1. The SMILES string of the molecule is CC[C@]1(O)C(=O)OCc2c1cc1n(c2=O)Cc2c-1nc1ccc(F)c(F)c1c2[Si](C)(C)C. The Hall–Kier alpha value is -2.91. The molecule has 1 aromatic carbocycles. The molecule has 1 atom stereocenters. The number of hydrogen-bond acceptors (Lipinski definition) is 5. The van der Waals surface area contributed by atoms with E-state index in [1.54, 1.807) is 13.0 Å². The molecular formula is C23H22F2N2O4Si. The maximum Gasteiger partial charge on any atom is 0.343 e. The number of esters is 1. The Bertz CT molecular complexity index is 1410. The molecule has 2 aromatic heterocycles. The molecule has 2 aliphatic heterocycles. The summed E-state index contributed by atoms with van der Waals surface area (Å²) in [4.78, 5) is 30.3. The Morgan fingerprint density at radius 2 is 1.94 bits per heavy atom. The smallest absolute Gasteiger partial charge is 0.343 e. The number of nitrogens with zero attached hydrogens (tertiary/aromatic N) is 2. The van der Waals surface area contributed by atoms with Crippen molar-refractivity contribution in [2.75, 3.05) is 0 Å². The minimum atomic E-state index is -2.23. The second-order valence-corrected chi connectivity index (χ2v) is 14.4. The third kappa shape index (κ3) is 2.61. The zero-order chi connectivity index (χ0) is 23.2. The number of aromatic nitrogens is 2. The molecule has 1 N–H and O–H groups in total. The van der Waals surface area contributed by atoms with Crippen LogP contribution >= 0.6 is 0 Å². The van der Waals surface area contributed by atoms with Crippen molar-refractivity contribution in [1.29, 1.82) is 0 Å². The summed E-state index contributed by atoms with van der Waals surface area (Å²) >= 11 is 0. The van der Waals surface area contributed by atoms with E-state index in [0.29, 0.717) is 27.7 Å². The van der Waals surface area contributed by atoms with Crippen LogP contribution in [0.25, 0.3) is 22.3 Å². The fraction of sp³-hybridized carbons (Fsp3) is 0.348. The minimum Gasteiger partial charge on any atom is -0.458 e. The van der Waals surface area contributed by atoms with E-state index in [0.717, 1.165) is 6.07 Å². The summed E-state index contributed by atoms with van der Waals surface area (Å²) in [5, 5.41) is 11.9. The first kappa shape index (κ1) is 21.0. The topological polar surface area (TPSA) is 81.4 Å². The lowest BCUT2D eigenvalue weighted by Crippen LogP contribution is -2.44. The summed E-state index contributed by atoms with van der Waals surface area (Å²) in [6.45, 7) is 7.68. The summed E-state index contributed by atoms with van der Waals surface area (Å²) in [7, 11) is -2.23. The number of ether oxygens (including phenoxy) is 1. The number of halogens is 2. The molecule has 166 valence electrons. The zero-order valence-corrected chi connectivity index (χ0v) is 19.2. The number of fused-ring (bicyclic) bond motifs is 5. The molecule has 0 spiro atoms. The third-order valence-electron chi connectivity index (χ3n) is 6.49. The van der Waals surface area contributed by atoms with E-state index in [1.165, 1.54) is 10.6 Å². The molecule has 0 fully saturated rings. The lowest BCUT2D eigenvalue weighted by Gasteiger charge is -2.31. The van der Waals surface area contributed by atoms with Gasteiger partial charge in [0.1, 0.15) is 6.61 Å². The van der Waals surface area contributed by atoms with Crippen molar-refractivity contribution in [3.8, 4) is 11.4 Å². The number of hydrogen-bond donors (Lipinski definition) is 1. The molecule has 0 unspecified atom stereocenters. The Morgan fingerprint density at radius 3 is 2.59 bits per heavy atom. The number of benzene rings is 1. The molecule has 0 radical (unpaired) electrons. The zero-order valence-electron chi connectivity index (χ0n) is 18.2. The van der Waals surface area contributed by atoms with Crippen molar-refractivity contribution < 1.29 is 23.4 Å². The van der Waals surface area contributed by atoms with E-state index in [4.69, 9.17) is 4.74 Å². The van der Waals surface area contributed by atoms with Crippen LogP contribution in [0.1, 0.15) is 30.0 Å². The van der Waals surface area contributed by atoms with Gasteiger partial charge < -0.3 is 14.4 Å². The molecular weight excluding hydrogens is 434 g/mol. The van der Waals surface area contributed by atoms with Gasteiger partial charge in [-0.05, 0) is 35.4 Å². The molecule has 0 aliphatic carbocycles. The number of carbonyl (C=O) groups excluding carboxylic acids is 1. The van der Waals surface area contributed by atoms with Crippen molar-refractivity contribution >= 4 is 30.1 Å². The van der Waals surface area contributed by atoms with Crippen LogP contribution in [-0.2, 0) is 28.3 Å². The second-order valence-electron chi connectivity index (χ2n) is 9.42. The standard InChI is InChI=1S/C23H22F2N2O4Si/c1-5-23(30)13-8-16-19-11(9-27(16)21(28)12(13)10-31-22(23)29)20(32(2,3)4)17-15(26-19)7-6-14(24)18(17)25/h6-8,30H,5,9-10H2,1-4H3/t23-/m1/s1. The highest BCUT2D eigenvalue weighted by atomic mass is 28.3. The number of cyclic esters (lactones) is 1. The Labute approximate surface area is 183 Å². The molecule has 5 rings (SSSR count). The van der Waals surface area contributed by atoms with E-state index in [1.807, 2.05) is 19.6 Å².